The number of anilines is 1. The first-order valence-corrected chi connectivity index (χ1v) is 13.2. The summed E-state index contributed by atoms with van der Waals surface area (Å²) < 4.78 is 6.72. The highest BCUT2D eigenvalue weighted by Gasteiger charge is 2.31. The van der Waals surface area contributed by atoms with Crippen LogP contribution >= 0.6 is 0 Å². The molecule has 2 amide bonds. The van der Waals surface area contributed by atoms with Crippen LogP contribution in [0.2, 0.25) is 0 Å². The summed E-state index contributed by atoms with van der Waals surface area (Å²) in [7, 11) is 0. The number of rotatable bonds is 11. The first kappa shape index (κ1) is 27.1. The molecule has 0 saturated heterocycles. The molecule has 1 aliphatic carbocycles. The SMILES string of the molecule is CCCN(CC1CC1)C(=O)C(=O)c1cn(CC(=O)OCC)c2ccc(NC(=O)c3ccc(C)c(C)c3)cc12. The molecule has 1 heterocycles. The molecule has 0 bridgehead atoms. The van der Waals surface area contributed by atoms with Gasteiger partial charge in [-0.2, -0.15) is 0 Å². The Bertz CT molecular complexity index is 1390. The molecule has 8 nitrogen and oxygen atoms in total. The molecule has 1 aliphatic rings. The van der Waals surface area contributed by atoms with Gasteiger partial charge in [-0.15, -0.1) is 0 Å². The van der Waals surface area contributed by atoms with Crippen molar-refractivity contribution in [2.75, 3.05) is 25.0 Å². The molecule has 0 atom stereocenters. The quantitative estimate of drug-likeness (QED) is 0.222. The second-order valence-corrected chi connectivity index (χ2v) is 9.98. The first-order chi connectivity index (χ1) is 18.2. The minimum absolute atomic E-state index is 0.0963. The fourth-order valence-corrected chi connectivity index (χ4v) is 4.53. The zero-order valence-electron chi connectivity index (χ0n) is 22.5. The molecule has 1 fully saturated rings. The number of carbonyl (C=O) groups is 4. The highest BCUT2D eigenvalue weighted by atomic mass is 16.5. The lowest BCUT2D eigenvalue weighted by molar-refractivity contribution is -0.143. The van der Waals surface area contributed by atoms with Gasteiger partial charge in [-0.1, -0.05) is 13.0 Å². The molecular formula is C30H35N3O5. The van der Waals surface area contributed by atoms with Gasteiger partial charge >= 0.3 is 5.97 Å². The summed E-state index contributed by atoms with van der Waals surface area (Å²) in [6.45, 7) is 8.88. The summed E-state index contributed by atoms with van der Waals surface area (Å²) in [5.41, 5.74) is 3.92. The fourth-order valence-electron chi connectivity index (χ4n) is 4.53. The Balaban J connectivity index is 1.68. The lowest BCUT2D eigenvalue weighted by atomic mass is 10.1. The summed E-state index contributed by atoms with van der Waals surface area (Å²) in [5.74, 6) is -1.43. The number of amides is 2. The van der Waals surface area contributed by atoms with E-state index >= 15 is 0 Å². The molecule has 0 unspecified atom stereocenters. The van der Waals surface area contributed by atoms with E-state index in [4.69, 9.17) is 4.74 Å². The van der Waals surface area contributed by atoms with E-state index in [0.717, 1.165) is 30.4 Å². The van der Waals surface area contributed by atoms with Crippen molar-refractivity contribution in [2.24, 2.45) is 5.92 Å². The van der Waals surface area contributed by atoms with E-state index in [1.54, 1.807) is 40.7 Å². The first-order valence-electron chi connectivity index (χ1n) is 13.2. The number of fused-ring (bicyclic) bond motifs is 1. The van der Waals surface area contributed by atoms with Gasteiger partial charge in [-0.25, -0.2) is 0 Å². The standard InChI is InChI=1S/C30H35N3O5/c1-5-13-32(16-21-8-9-21)30(37)28(35)25-17-33(18-27(34)38-6-2)26-12-11-23(15-24(25)26)31-29(36)22-10-7-19(3)20(4)14-22/h7,10-12,14-15,17,21H,5-6,8-9,13,16,18H2,1-4H3,(H,31,36). The van der Waals surface area contributed by atoms with E-state index in [1.807, 2.05) is 32.9 Å². The summed E-state index contributed by atoms with van der Waals surface area (Å²) in [4.78, 5) is 53.6. The molecule has 0 spiro atoms. The van der Waals surface area contributed by atoms with Crippen molar-refractivity contribution in [1.82, 2.24) is 9.47 Å². The van der Waals surface area contributed by atoms with Gasteiger partial charge in [-0.3, -0.25) is 19.2 Å². The number of carbonyl (C=O) groups excluding carboxylic acids is 4. The van der Waals surface area contributed by atoms with Crippen LogP contribution in [0.4, 0.5) is 5.69 Å². The second kappa shape index (κ2) is 11.6. The van der Waals surface area contributed by atoms with E-state index < -0.39 is 17.7 Å². The minimum atomic E-state index is -0.621. The number of benzene rings is 2. The summed E-state index contributed by atoms with van der Waals surface area (Å²) in [5, 5.41) is 3.39. The van der Waals surface area contributed by atoms with Crippen molar-refractivity contribution < 1.29 is 23.9 Å². The van der Waals surface area contributed by atoms with E-state index in [0.29, 0.717) is 41.2 Å². The van der Waals surface area contributed by atoms with Gasteiger partial charge < -0.3 is 19.5 Å². The van der Waals surface area contributed by atoms with Crippen LogP contribution in [0.5, 0.6) is 0 Å². The number of nitrogens with one attached hydrogen (secondary N) is 1. The molecule has 8 heteroatoms. The average Bonchev–Trinajstić information content (AvgIpc) is 3.64. The van der Waals surface area contributed by atoms with Crippen LogP contribution in [0.1, 0.15) is 65.0 Å². The van der Waals surface area contributed by atoms with Crippen LogP contribution < -0.4 is 5.32 Å². The Labute approximate surface area is 222 Å². The maximum atomic E-state index is 13.5. The van der Waals surface area contributed by atoms with Crippen LogP contribution in [-0.2, 0) is 20.9 Å². The third kappa shape index (κ3) is 6.13. The van der Waals surface area contributed by atoms with Crippen molar-refractivity contribution in [3.63, 3.8) is 0 Å². The lowest BCUT2D eigenvalue weighted by Gasteiger charge is -2.21. The van der Waals surface area contributed by atoms with Gasteiger partial charge in [0.05, 0.1) is 12.2 Å². The van der Waals surface area contributed by atoms with Crippen molar-refractivity contribution in [3.05, 3.63) is 64.8 Å². The molecule has 38 heavy (non-hydrogen) atoms. The van der Waals surface area contributed by atoms with E-state index in [2.05, 4.69) is 5.32 Å². The average molecular weight is 518 g/mol. The third-order valence-electron chi connectivity index (χ3n) is 6.91. The largest absolute Gasteiger partial charge is 0.465 e. The highest BCUT2D eigenvalue weighted by molar-refractivity contribution is 6.45. The molecule has 1 N–H and O–H groups in total. The number of ether oxygens (including phenoxy) is 1. The third-order valence-corrected chi connectivity index (χ3v) is 6.91. The van der Waals surface area contributed by atoms with Crippen molar-refractivity contribution in [1.29, 1.82) is 0 Å². The molecule has 3 aromatic rings. The number of esters is 1. The summed E-state index contributed by atoms with van der Waals surface area (Å²) >= 11 is 0. The van der Waals surface area contributed by atoms with Crippen molar-refractivity contribution in [2.45, 2.75) is 53.5 Å². The Morgan fingerprint density at radius 3 is 2.45 bits per heavy atom. The van der Waals surface area contributed by atoms with Crippen LogP contribution in [0, 0.1) is 19.8 Å². The second-order valence-electron chi connectivity index (χ2n) is 9.98. The molecular weight excluding hydrogens is 482 g/mol. The number of aromatic nitrogens is 1. The van der Waals surface area contributed by atoms with Crippen LogP contribution in [0.3, 0.4) is 0 Å². The van der Waals surface area contributed by atoms with E-state index in [-0.39, 0.29) is 24.6 Å². The Kier molecular flexibility index (Phi) is 8.29. The maximum Gasteiger partial charge on any atom is 0.325 e. The van der Waals surface area contributed by atoms with Crippen molar-refractivity contribution in [3.8, 4) is 0 Å². The molecule has 0 aliphatic heterocycles. The van der Waals surface area contributed by atoms with E-state index in [9.17, 15) is 19.2 Å². The van der Waals surface area contributed by atoms with Crippen LogP contribution in [0.15, 0.2) is 42.6 Å². The number of nitrogens with zero attached hydrogens (tertiary/aromatic N) is 2. The predicted molar refractivity (Wildman–Crippen MR) is 146 cm³/mol. The number of aryl methyl sites for hydroxylation is 2. The summed E-state index contributed by atoms with van der Waals surface area (Å²) in [6, 6.07) is 10.6. The molecule has 200 valence electrons. The van der Waals surface area contributed by atoms with Crippen LogP contribution in [0.25, 0.3) is 10.9 Å². The summed E-state index contributed by atoms with van der Waals surface area (Å²) in [6.07, 6.45) is 4.44. The number of Topliss-reactive ketones (excluding diaryl/α,β-unsaturated/α-hetero) is 1. The predicted octanol–water partition coefficient (Wildman–Crippen LogP) is 4.90. The Morgan fingerprint density at radius 1 is 1.03 bits per heavy atom. The lowest BCUT2D eigenvalue weighted by Crippen LogP contribution is -2.38. The number of ketones is 1. The highest BCUT2D eigenvalue weighted by Crippen LogP contribution is 2.31. The van der Waals surface area contributed by atoms with E-state index in [1.165, 1.54) is 6.20 Å². The normalized spacial score (nSPS) is 12.8. The van der Waals surface area contributed by atoms with Gasteiger partial charge in [0.2, 0.25) is 0 Å². The Hall–Kier alpha value is -3.94. The minimum Gasteiger partial charge on any atom is -0.465 e. The van der Waals surface area contributed by atoms with Gasteiger partial charge in [-0.05, 0) is 87.4 Å². The van der Waals surface area contributed by atoms with Crippen molar-refractivity contribution >= 4 is 40.2 Å². The zero-order valence-corrected chi connectivity index (χ0v) is 22.5. The molecule has 4 rings (SSSR count). The molecule has 2 aromatic carbocycles. The number of hydrogen-bond donors (Lipinski definition) is 1. The Morgan fingerprint density at radius 2 is 1.79 bits per heavy atom. The molecule has 1 saturated carbocycles. The number of hydrogen-bond acceptors (Lipinski definition) is 5. The smallest absolute Gasteiger partial charge is 0.325 e. The molecule has 0 radical (unpaired) electrons. The molecule has 1 aromatic heterocycles. The topological polar surface area (TPSA) is 97.7 Å². The van der Waals surface area contributed by atoms with Gasteiger partial charge in [0.15, 0.2) is 0 Å². The van der Waals surface area contributed by atoms with Gasteiger partial charge in [0.25, 0.3) is 17.6 Å². The monoisotopic (exact) mass is 517 g/mol. The maximum absolute atomic E-state index is 13.5. The fraction of sp³-hybridized carbons (Fsp3) is 0.400. The van der Waals surface area contributed by atoms with Gasteiger partial charge in [0.1, 0.15) is 6.54 Å². The van der Waals surface area contributed by atoms with Gasteiger partial charge in [0, 0.05) is 41.4 Å². The van der Waals surface area contributed by atoms with Crippen LogP contribution in [-0.4, -0.2) is 52.7 Å². The zero-order chi connectivity index (χ0) is 27.4.